The second-order valence-corrected chi connectivity index (χ2v) is 8.16. The maximum Gasteiger partial charge on any atom is 2.00 e. The molecule has 2 aromatic rings. The van der Waals surface area contributed by atoms with Crippen molar-refractivity contribution in [3.63, 3.8) is 0 Å². The molecule has 0 N–H and O–H groups in total. The average molecular weight is 508 g/mol. The van der Waals surface area contributed by atoms with Gasteiger partial charge in [-0.25, -0.2) is 16.8 Å². The van der Waals surface area contributed by atoms with Crippen molar-refractivity contribution in [1.82, 2.24) is 0 Å². The molecule has 0 aliphatic heterocycles. The van der Waals surface area contributed by atoms with Crippen LogP contribution in [0.3, 0.4) is 0 Å². The summed E-state index contributed by atoms with van der Waals surface area (Å²) in [5, 5.41) is 0. The Labute approximate surface area is 189 Å². The Hall–Kier alpha value is -0.169. The van der Waals surface area contributed by atoms with E-state index in [9.17, 15) is 25.9 Å². The molecule has 0 saturated heterocycles. The van der Waals surface area contributed by atoms with Crippen molar-refractivity contribution in [2.45, 2.75) is 37.5 Å². The Bertz CT molecular complexity index is 871. The van der Waals surface area contributed by atoms with Gasteiger partial charge >= 0.3 is 48.9 Å². The van der Waals surface area contributed by atoms with E-state index in [4.69, 9.17) is 0 Å². The van der Waals surface area contributed by atoms with E-state index < -0.39 is 20.2 Å². The fourth-order valence-electron chi connectivity index (χ4n) is 1.74. The molecule has 0 spiro atoms. The monoisotopic (exact) mass is 508 g/mol. The molecule has 0 heterocycles. The van der Waals surface area contributed by atoms with Crippen LogP contribution in [0, 0.1) is 27.7 Å². The van der Waals surface area contributed by atoms with Crippen LogP contribution >= 0.6 is 0 Å². The van der Waals surface area contributed by atoms with E-state index in [-0.39, 0.29) is 58.7 Å². The predicted octanol–water partition coefficient (Wildman–Crippen LogP) is 2.03. The van der Waals surface area contributed by atoms with Gasteiger partial charge in [-0.05, 0) is 74.2 Å². The molecule has 0 aliphatic carbocycles. The minimum atomic E-state index is -4.29. The molecule has 9 heteroatoms. The van der Waals surface area contributed by atoms with Gasteiger partial charge in [0, 0.05) is 0 Å². The van der Waals surface area contributed by atoms with Gasteiger partial charge in [0.2, 0.25) is 0 Å². The van der Waals surface area contributed by atoms with Gasteiger partial charge in [-0.1, -0.05) is 12.1 Å². The zero-order valence-electron chi connectivity index (χ0n) is 14.4. The summed E-state index contributed by atoms with van der Waals surface area (Å²) in [7, 11) is -8.58. The molecule has 0 bridgehead atoms. The van der Waals surface area contributed by atoms with Crippen LogP contribution in [0.15, 0.2) is 46.2 Å². The molecule has 0 unspecified atom stereocenters. The topological polar surface area (TPSA) is 114 Å². The van der Waals surface area contributed by atoms with Crippen molar-refractivity contribution >= 4 is 69.1 Å². The second-order valence-electron chi connectivity index (χ2n) is 5.40. The summed E-state index contributed by atoms with van der Waals surface area (Å²) in [6.07, 6.45) is 0. The van der Waals surface area contributed by atoms with Gasteiger partial charge in [0.1, 0.15) is 20.2 Å². The summed E-state index contributed by atoms with van der Waals surface area (Å²) in [6, 6.07) is 8.67. The van der Waals surface area contributed by atoms with Crippen LogP contribution in [-0.4, -0.2) is 74.8 Å². The molecule has 2 rings (SSSR count). The van der Waals surface area contributed by atoms with Crippen molar-refractivity contribution in [3.05, 3.63) is 58.7 Å². The van der Waals surface area contributed by atoms with Crippen LogP contribution in [0.25, 0.3) is 0 Å². The summed E-state index contributed by atoms with van der Waals surface area (Å²) >= 11 is 0. The Morgan fingerprint density at radius 3 is 1.08 bits per heavy atom. The number of aryl methyl sites for hydroxylation is 4. The molecule has 0 aliphatic rings. The first-order valence-electron chi connectivity index (χ1n) is 6.88. The molecule has 0 amide bonds. The zero-order valence-corrected chi connectivity index (χ0v) is 20.5. The smallest absolute Gasteiger partial charge is 0.744 e. The SMILES string of the molecule is Cc1ccc(S(=O)(=O)[O-])cc1C.Cc1ccc(S(=O)(=O)[O-])cc1C.[Ba+2]. The largest absolute Gasteiger partial charge is 2.00 e. The van der Waals surface area contributed by atoms with Crippen LogP contribution in [0.2, 0.25) is 0 Å². The maximum atomic E-state index is 10.5. The minimum Gasteiger partial charge on any atom is -0.744 e. The van der Waals surface area contributed by atoms with Crippen LogP contribution in [-0.2, 0) is 20.2 Å². The van der Waals surface area contributed by atoms with E-state index in [2.05, 4.69) is 0 Å². The first kappa shape index (κ1) is 24.8. The van der Waals surface area contributed by atoms with Gasteiger partial charge in [0.05, 0.1) is 9.79 Å². The Morgan fingerprint density at radius 1 is 0.600 bits per heavy atom. The predicted molar refractivity (Wildman–Crippen MR) is 93.5 cm³/mol. The summed E-state index contributed by atoms with van der Waals surface area (Å²) in [4.78, 5) is -0.323. The normalized spacial score (nSPS) is 11.1. The molecular weight excluding hydrogens is 490 g/mol. The van der Waals surface area contributed by atoms with Gasteiger partial charge in [-0.15, -0.1) is 0 Å². The fourth-order valence-corrected chi connectivity index (χ4v) is 2.85. The fraction of sp³-hybridized carbons (Fsp3) is 0.250. The van der Waals surface area contributed by atoms with Crippen LogP contribution in [0.5, 0.6) is 0 Å². The number of benzene rings is 2. The van der Waals surface area contributed by atoms with Gasteiger partial charge in [-0.3, -0.25) is 0 Å². The summed E-state index contributed by atoms with van der Waals surface area (Å²) in [5.74, 6) is 0. The van der Waals surface area contributed by atoms with Crippen LogP contribution < -0.4 is 0 Å². The summed E-state index contributed by atoms with van der Waals surface area (Å²) in [5.41, 5.74) is 3.57. The molecule has 0 aromatic heterocycles. The average Bonchev–Trinajstić information content (AvgIpc) is 2.43. The van der Waals surface area contributed by atoms with E-state index in [0.717, 1.165) is 22.3 Å². The van der Waals surface area contributed by atoms with Gasteiger partial charge in [0.25, 0.3) is 0 Å². The third kappa shape index (κ3) is 7.94. The quantitative estimate of drug-likeness (QED) is 0.454. The van der Waals surface area contributed by atoms with E-state index in [1.807, 2.05) is 13.8 Å². The second kappa shape index (κ2) is 9.68. The Kier molecular flexibility index (Phi) is 9.61. The van der Waals surface area contributed by atoms with E-state index in [1.165, 1.54) is 24.3 Å². The van der Waals surface area contributed by atoms with Crippen molar-refractivity contribution < 1.29 is 25.9 Å². The molecular formula is C16H18BaO6S2. The molecule has 0 fully saturated rings. The molecule has 0 radical (unpaired) electrons. The Morgan fingerprint density at radius 2 is 0.880 bits per heavy atom. The molecule has 6 nitrogen and oxygen atoms in total. The number of hydrogen-bond donors (Lipinski definition) is 0. The molecule has 2 aromatic carbocycles. The Balaban J connectivity index is 0.000000443. The van der Waals surface area contributed by atoms with Crippen LogP contribution in [0.1, 0.15) is 22.3 Å². The standard InChI is InChI=1S/2C8H10O3S.Ba/c2*1-6-3-4-8(5-7(6)2)12(9,10)11;/h2*3-5H,1-2H3,(H,9,10,11);/q;;+2/p-2. The van der Waals surface area contributed by atoms with E-state index in [1.54, 1.807) is 26.0 Å². The van der Waals surface area contributed by atoms with Gasteiger partial charge in [0.15, 0.2) is 0 Å². The third-order valence-corrected chi connectivity index (χ3v) is 5.20. The number of rotatable bonds is 2. The molecule has 0 saturated carbocycles. The first-order chi connectivity index (χ1) is 10.8. The molecule has 25 heavy (non-hydrogen) atoms. The van der Waals surface area contributed by atoms with Gasteiger partial charge in [-0.2, -0.15) is 0 Å². The summed E-state index contributed by atoms with van der Waals surface area (Å²) in [6.45, 7) is 7.25. The van der Waals surface area contributed by atoms with Crippen molar-refractivity contribution in [2.75, 3.05) is 0 Å². The van der Waals surface area contributed by atoms with E-state index in [0.29, 0.717) is 0 Å². The van der Waals surface area contributed by atoms with Crippen molar-refractivity contribution in [2.24, 2.45) is 0 Å². The minimum absolute atomic E-state index is 0. The zero-order chi connectivity index (χ0) is 18.7. The maximum absolute atomic E-state index is 10.5. The molecule has 0 atom stereocenters. The van der Waals surface area contributed by atoms with Gasteiger partial charge < -0.3 is 9.11 Å². The van der Waals surface area contributed by atoms with Crippen molar-refractivity contribution in [3.8, 4) is 0 Å². The van der Waals surface area contributed by atoms with Crippen molar-refractivity contribution in [1.29, 1.82) is 0 Å². The molecule has 132 valence electrons. The van der Waals surface area contributed by atoms with Crippen LogP contribution in [0.4, 0.5) is 0 Å². The first-order valence-corrected chi connectivity index (χ1v) is 9.70. The summed E-state index contributed by atoms with van der Waals surface area (Å²) < 4.78 is 63.2. The number of hydrogen-bond acceptors (Lipinski definition) is 6. The third-order valence-electron chi connectivity index (χ3n) is 3.53. The van der Waals surface area contributed by atoms with E-state index >= 15 is 0 Å².